The smallest absolute Gasteiger partial charge is 0.340 e. The zero-order valence-electron chi connectivity index (χ0n) is 10.7. The van der Waals surface area contributed by atoms with E-state index in [1.54, 1.807) is 0 Å². The van der Waals surface area contributed by atoms with Gasteiger partial charge in [0.2, 0.25) is 5.95 Å². The lowest BCUT2D eigenvalue weighted by Gasteiger charge is -2.32. The van der Waals surface area contributed by atoms with Gasteiger partial charge in [-0.3, -0.25) is 5.10 Å². The number of aromatic nitrogens is 3. The highest BCUT2D eigenvalue weighted by atomic mass is 19.4. The summed E-state index contributed by atoms with van der Waals surface area (Å²) < 4.78 is 36.7. The normalized spacial score (nSPS) is 19.7. The Bertz CT molecular complexity index is 407. The summed E-state index contributed by atoms with van der Waals surface area (Å²) in [5.41, 5.74) is 5.84. The van der Waals surface area contributed by atoms with Gasteiger partial charge in [-0.15, -0.1) is 5.10 Å². The Kier molecular flexibility index (Phi) is 3.98. The van der Waals surface area contributed by atoms with Crippen LogP contribution in [0.2, 0.25) is 0 Å². The number of H-pyrrole nitrogens is 1. The van der Waals surface area contributed by atoms with Crippen LogP contribution in [-0.2, 0) is 6.42 Å². The number of nitrogens with zero attached hydrogens (tertiary/aromatic N) is 3. The Morgan fingerprint density at radius 2 is 2.05 bits per heavy atom. The van der Waals surface area contributed by atoms with Crippen LogP contribution in [0.1, 0.15) is 25.6 Å². The minimum atomic E-state index is -4.27. The van der Waals surface area contributed by atoms with Crippen molar-refractivity contribution in [1.29, 1.82) is 0 Å². The number of piperidine rings is 1. The van der Waals surface area contributed by atoms with Crippen molar-refractivity contribution in [3.05, 3.63) is 5.82 Å². The first-order valence-electron chi connectivity index (χ1n) is 6.34. The molecule has 2 heterocycles. The van der Waals surface area contributed by atoms with E-state index >= 15 is 0 Å². The van der Waals surface area contributed by atoms with Gasteiger partial charge in [-0.1, -0.05) is 0 Å². The van der Waals surface area contributed by atoms with Crippen LogP contribution in [0, 0.1) is 5.92 Å². The summed E-state index contributed by atoms with van der Waals surface area (Å²) in [6, 6.07) is 0.148. The van der Waals surface area contributed by atoms with Gasteiger partial charge in [0.15, 0.2) is 0 Å². The Hall–Kier alpha value is -1.31. The molecule has 0 spiro atoms. The number of nitrogens with two attached hydrogens (primary N) is 1. The Morgan fingerprint density at radius 3 is 2.58 bits per heavy atom. The average Bonchev–Trinajstić information content (AvgIpc) is 2.75. The molecule has 3 N–H and O–H groups in total. The van der Waals surface area contributed by atoms with Crippen LogP contribution in [0.5, 0.6) is 0 Å². The van der Waals surface area contributed by atoms with E-state index in [9.17, 15) is 13.2 Å². The minimum Gasteiger partial charge on any atom is -0.340 e. The van der Waals surface area contributed by atoms with Gasteiger partial charge in [-0.25, -0.2) is 0 Å². The lowest BCUT2D eigenvalue weighted by Crippen LogP contribution is -2.40. The zero-order valence-corrected chi connectivity index (χ0v) is 10.7. The standard InChI is InChI=1S/C11H18F3N5/c1-7(15)8-2-4-19(5-3-8)10-16-9(17-18-10)6-11(12,13)14/h7-8H,2-6,15H2,1H3,(H,16,17,18). The molecule has 1 atom stereocenters. The van der Waals surface area contributed by atoms with E-state index in [-0.39, 0.29) is 11.9 Å². The van der Waals surface area contributed by atoms with Gasteiger partial charge in [0.05, 0.1) is 0 Å². The number of aromatic amines is 1. The molecule has 0 amide bonds. The summed E-state index contributed by atoms with van der Waals surface area (Å²) in [5.74, 6) is 0.670. The molecular weight excluding hydrogens is 259 g/mol. The van der Waals surface area contributed by atoms with Crippen molar-refractivity contribution in [2.45, 2.75) is 38.4 Å². The van der Waals surface area contributed by atoms with E-state index in [0.29, 0.717) is 11.9 Å². The number of rotatable bonds is 3. The van der Waals surface area contributed by atoms with Crippen LogP contribution in [0.15, 0.2) is 0 Å². The third kappa shape index (κ3) is 3.82. The first-order valence-corrected chi connectivity index (χ1v) is 6.34. The first kappa shape index (κ1) is 14.1. The van der Waals surface area contributed by atoms with Gasteiger partial charge in [-0.05, 0) is 25.7 Å². The van der Waals surface area contributed by atoms with E-state index in [4.69, 9.17) is 5.73 Å². The maximum absolute atomic E-state index is 12.2. The van der Waals surface area contributed by atoms with Crippen LogP contribution in [0.3, 0.4) is 0 Å². The van der Waals surface area contributed by atoms with Crippen molar-refractivity contribution in [3.8, 4) is 0 Å². The van der Waals surface area contributed by atoms with Crippen LogP contribution in [0.4, 0.5) is 19.1 Å². The van der Waals surface area contributed by atoms with Gasteiger partial charge < -0.3 is 10.6 Å². The maximum atomic E-state index is 12.2. The molecule has 5 nitrogen and oxygen atoms in total. The van der Waals surface area contributed by atoms with Crippen LogP contribution >= 0.6 is 0 Å². The molecule has 0 saturated carbocycles. The fraction of sp³-hybridized carbons (Fsp3) is 0.818. The van der Waals surface area contributed by atoms with Gasteiger partial charge in [0.25, 0.3) is 0 Å². The first-order chi connectivity index (χ1) is 8.85. The Morgan fingerprint density at radius 1 is 1.42 bits per heavy atom. The van der Waals surface area contributed by atoms with Crippen LogP contribution in [-0.4, -0.2) is 40.5 Å². The van der Waals surface area contributed by atoms with Crippen LogP contribution in [0.25, 0.3) is 0 Å². The lowest BCUT2D eigenvalue weighted by molar-refractivity contribution is -0.128. The predicted octanol–water partition coefficient (Wildman–Crippen LogP) is 1.47. The van der Waals surface area contributed by atoms with Gasteiger partial charge in [-0.2, -0.15) is 18.2 Å². The van der Waals surface area contributed by atoms with Crippen molar-refractivity contribution in [2.24, 2.45) is 11.7 Å². The Balaban J connectivity index is 1.93. The molecule has 8 heteroatoms. The molecule has 19 heavy (non-hydrogen) atoms. The second-order valence-corrected chi connectivity index (χ2v) is 5.06. The largest absolute Gasteiger partial charge is 0.396 e. The monoisotopic (exact) mass is 277 g/mol. The summed E-state index contributed by atoms with van der Waals surface area (Å²) in [4.78, 5) is 5.80. The summed E-state index contributed by atoms with van der Waals surface area (Å²) in [7, 11) is 0. The van der Waals surface area contributed by atoms with Crippen molar-refractivity contribution in [1.82, 2.24) is 15.2 Å². The van der Waals surface area contributed by atoms with Gasteiger partial charge >= 0.3 is 6.18 Å². The number of nitrogens with one attached hydrogen (secondary N) is 1. The Labute approximate surface area is 109 Å². The van der Waals surface area contributed by atoms with E-state index in [2.05, 4.69) is 15.2 Å². The molecule has 0 aromatic carbocycles. The van der Waals surface area contributed by atoms with Gasteiger partial charge in [0, 0.05) is 19.1 Å². The number of halogens is 3. The molecule has 2 rings (SSSR count). The average molecular weight is 277 g/mol. The summed E-state index contributed by atoms with van der Waals surface area (Å²) in [5, 5.41) is 6.20. The fourth-order valence-electron chi connectivity index (χ4n) is 2.32. The SMILES string of the molecule is CC(N)C1CCN(c2n[nH]c(CC(F)(F)F)n2)CC1. The topological polar surface area (TPSA) is 70.8 Å². The quantitative estimate of drug-likeness (QED) is 0.877. The highest BCUT2D eigenvalue weighted by molar-refractivity contribution is 5.29. The summed E-state index contributed by atoms with van der Waals surface area (Å²) in [6.45, 7) is 3.44. The van der Waals surface area contributed by atoms with E-state index in [1.165, 1.54) is 0 Å². The molecule has 1 saturated heterocycles. The van der Waals surface area contributed by atoms with Crippen LogP contribution < -0.4 is 10.6 Å². The summed E-state index contributed by atoms with van der Waals surface area (Å²) in [6.07, 6.45) is -3.50. The third-order valence-electron chi connectivity index (χ3n) is 3.45. The third-order valence-corrected chi connectivity index (χ3v) is 3.45. The number of alkyl halides is 3. The molecule has 1 unspecified atom stereocenters. The highest BCUT2D eigenvalue weighted by Crippen LogP contribution is 2.24. The zero-order chi connectivity index (χ0) is 14.0. The molecular formula is C11H18F3N5. The summed E-state index contributed by atoms with van der Waals surface area (Å²) >= 11 is 0. The van der Waals surface area contributed by atoms with Crippen molar-refractivity contribution < 1.29 is 13.2 Å². The molecule has 1 aliphatic heterocycles. The molecule has 0 radical (unpaired) electrons. The molecule has 108 valence electrons. The molecule has 1 fully saturated rings. The number of hydrogen-bond donors (Lipinski definition) is 2. The highest BCUT2D eigenvalue weighted by Gasteiger charge is 2.30. The van der Waals surface area contributed by atoms with Gasteiger partial charge in [0.1, 0.15) is 12.2 Å². The van der Waals surface area contributed by atoms with E-state index in [0.717, 1.165) is 25.9 Å². The maximum Gasteiger partial charge on any atom is 0.396 e. The molecule has 1 aliphatic rings. The molecule has 1 aromatic rings. The lowest BCUT2D eigenvalue weighted by atomic mass is 9.91. The molecule has 0 bridgehead atoms. The molecule has 0 aliphatic carbocycles. The fourth-order valence-corrected chi connectivity index (χ4v) is 2.32. The number of anilines is 1. The van der Waals surface area contributed by atoms with E-state index < -0.39 is 12.6 Å². The minimum absolute atomic E-state index is 0.142. The van der Waals surface area contributed by atoms with Crippen molar-refractivity contribution >= 4 is 5.95 Å². The van der Waals surface area contributed by atoms with Crippen molar-refractivity contribution in [3.63, 3.8) is 0 Å². The number of hydrogen-bond acceptors (Lipinski definition) is 4. The predicted molar refractivity (Wildman–Crippen MR) is 64.7 cm³/mol. The van der Waals surface area contributed by atoms with E-state index in [1.807, 2.05) is 11.8 Å². The second-order valence-electron chi connectivity index (χ2n) is 5.06. The van der Waals surface area contributed by atoms with Crippen molar-refractivity contribution in [2.75, 3.05) is 18.0 Å². The second kappa shape index (κ2) is 5.36. The molecule has 1 aromatic heterocycles.